The molecule has 0 aliphatic carbocycles. The number of ether oxygens (including phenoxy) is 1. The minimum absolute atomic E-state index is 0.121. The zero-order valence-corrected chi connectivity index (χ0v) is 20.9. The van der Waals surface area contributed by atoms with Crippen LogP contribution in [0.15, 0.2) is 66.7 Å². The first-order chi connectivity index (χ1) is 16.9. The minimum Gasteiger partial charge on any atom is -0.496 e. The normalized spacial score (nSPS) is 13.6. The number of amides is 2. The van der Waals surface area contributed by atoms with Gasteiger partial charge in [0.05, 0.1) is 12.7 Å². The fraction of sp³-hybridized carbons (Fsp3) is 0.310. The van der Waals surface area contributed by atoms with Gasteiger partial charge < -0.3 is 19.9 Å². The fourth-order valence-corrected chi connectivity index (χ4v) is 4.46. The first-order valence-electron chi connectivity index (χ1n) is 12.1. The highest BCUT2D eigenvalue weighted by Gasteiger charge is 2.20. The molecule has 6 heteroatoms. The van der Waals surface area contributed by atoms with Crippen molar-refractivity contribution in [3.63, 3.8) is 0 Å². The SMILES string of the molecule is COc1cccc(C(=O)Nc2ccc(N3CCN(C(C)=O)CC3)cc2)c1-c1ccc(C(C)C)cc1. The Hall–Kier alpha value is -3.80. The average molecular weight is 472 g/mol. The van der Waals surface area contributed by atoms with E-state index in [1.807, 2.05) is 59.5 Å². The van der Waals surface area contributed by atoms with E-state index < -0.39 is 0 Å². The summed E-state index contributed by atoms with van der Waals surface area (Å²) in [4.78, 5) is 29.0. The van der Waals surface area contributed by atoms with Crippen molar-refractivity contribution in [3.05, 3.63) is 77.9 Å². The Morgan fingerprint density at radius 3 is 2.11 bits per heavy atom. The van der Waals surface area contributed by atoms with Crippen LogP contribution >= 0.6 is 0 Å². The molecule has 0 unspecified atom stereocenters. The van der Waals surface area contributed by atoms with Gasteiger partial charge in [-0.2, -0.15) is 0 Å². The molecule has 0 bridgehead atoms. The summed E-state index contributed by atoms with van der Waals surface area (Å²) in [5.41, 5.74) is 5.34. The molecule has 0 aromatic heterocycles. The number of methoxy groups -OCH3 is 1. The van der Waals surface area contributed by atoms with Gasteiger partial charge in [0, 0.05) is 50.0 Å². The van der Waals surface area contributed by atoms with E-state index in [2.05, 4.69) is 36.2 Å². The van der Waals surface area contributed by atoms with Crippen LogP contribution in [0.1, 0.15) is 42.6 Å². The quantitative estimate of drug-likeness (QED) is 0.522. The Labute approximate surface area is 207 Å². The molecule has 1 fully saturated rings. The monoisotopic (exact) mass is 471 g/mol. The molecule has 35 heavy (non-hydrogen) atoms. The molecule has 3 aromatic carbocycles. The molecule has 1 aliphatic rings. The Bertz CT molecular complexity index is 1180. The van der Waals surface area contributed by atoms with Crippen LogP contribution in [0.3, 0.4) is 0 Å². The van der Waals surface area contributed by atoms with Crippen LogP contribution in [0.5, 0.6) is 5.75 Å². The maximum atomic E-state index is 13.3. The molecule has 182 valence electrons. The highest BCUT2D eigenvalue weighted by molar-refractivity contribution is 6.09. The number of nitrogens with zero attached hydrogens (tertiary/aromatic N) is 2. The lowest BCUT2D eigenvalue weighted by Crippen LogP contribution is -2.48. The van der Waals surface area contributed by atoms with E-state index in [1.54, 1.807) is 14.0 Å². The summed E-state index contributed by atoms with van der Waals surface area (Å²) in [7, 11) is 1.62. The molecule has 1 N–H and O–H groups in total. The summed E-state index contributed by atoms with van der Waals surface area (Å²) in [5, 5.41) is 3.04. The molecule has 1 aliphatic heterocycles. The molecule has 3 aromatic rings. The number of benzene rings is 3. The van der Waals surface area contributed by atoms with Crippen molar-refractivity contribution in [1.29, 1.82) is 0 Å². The smallest absolute Gasteiger partial charge is 0.256 e. The molecule has 0 atom stereocenters. The van der Waals surface area contributed by atoms with Crippen molar-refractivity contribution in [2.75, 3.05) is 43.5 Å². The predicted molar refractivity (Wildman–Crippen MR) is 141 cm³/mol. The van der Waals surface area contributed by atoms with E-state index in [0.29, 0.717) is 17.2 Å². The second-order valence-corrected chi connectivity index (χ2v) is 9.15. The van der Waals surface area contributed by atoms with Crippen LogP contribution in [0.25, 0.3) is 11.1 Å². The molecule has 1 saturated heterocycles. The zero-order valence-electron chi connectivity index (χ0n) is 20.9. The van der Waals surface area contributed by atoms with E-state index in [1.165, 1.54) is 5.56 Å². The Morgan fingerprint density at radius 2 is 1.54 bits per heavy atom. The van der Waals surface area contributed by atoms with Gasteiger partial charge in [-0.3, -0.25) is 9.59 Å². The van der Waals surface area contributed by atoms with Gasteiger partial charge >= 0.3 is 0 Å². The molecule has 0 radical (unpaired) electrons. The van der Waals surface area contributed by atoms with Crippen LogP contribution in [-0.4, -0.2) is 50.0 Å². The van der Waals surface area contributed by atoms with E-state index in [4.69, 9.17) is 4.74 Å². The van der Waals surface area contributed by atoms with Crippen molar-refractivity contribution >= 4 is 23.2 Å². The summed E-state index contributed by atoms with van der Waals surface area (Å²) in [6.07, 6.45) is 0. The average Bonchev–Trinajstić information content (AvgIpc) is 2.88. The van der Waals surface area contributed by atoms with Crippen LogP contribution in [0.2, 0.25) is 0 Å². The third-order valence-electron chi connectivity index (χ3n) is 6.57. The molecule has 1 heterocycles. The number of hydrogen-bond donors (Lipinski definition) is 1. The van der Waals surface area contributed by atoms with Gasteiger partial charge in [-0.1, -0.05) is 44.2 Å². The number of nitrogens with one attached hydrogen (secondary N) is 1. The Kier molecular flexibility index (Phi) is 7.39. The van der Waals surface area contributed by atoms with Crippen LogP contribution in [-0.2, 0) is 4.79 Å². The Balaban J connectivity index is 1.52. The van der Waals surface area contributed by atoms with Crippen molar-refractivity contribution in [2.45, 2.75) is 26.7 Å². The van der Waals surface area contributed by atoms with Crippen molar-refractivity contribution in [3.8, 4) is 16.9 Å². The van der Waals surface area contributed by atoms with Gasteiger partial charge in [-0.15, -0.1) is 0 Å². The van der Waals surface area contributed by atoms with Gasteiger partial charge in [-0.05, 0) is 53.4 Å². The van der Waals surface area contributed by atoms with Crippen LogP contribution in [0.4, 0.5) is 11.4 Å². The number of rotatable bonds is 6. The number of piperazine rings is 1. The second-order valence-electron chi connectivity index (χ2n) is 9.15. The minimum atomic E-state index is -0.186. The molecular formula is C29H33N3O3. The van der Waals surface area contributed by atoms with Gasteiger partial charge in [0.15, 0.2) is 0 Å². The Morgan fingerprint density at radius 1 is 0.886 bits per heavy atom. The van der Waals surface area contributed by atoms with Gasteiger partial charge in [0.25, 0.3) is 5.91 Å². The number of carbonyl (C=O) groups is 2. The first kappa shape index (κ1) is 24.3. The summed E-state index contributed by atoms with van der Waals surface area (Å²) < 4.78 is 5.61. The van der Waals surface area contributed by atoms with Crippen molar-refractivity contribution in [2.24, 2.45) is 0 Å². The van der Waals surface area contributed by atoms with E-state index in [9.17, 15) is 9.59 Å². The third-order valence-corrected chi connectivity index (χ3v) is 6.57. The third kappa shape index (κ3) is 5.48. The van der Waals surface area contributed by atoms with E-state index in [0.717, 1.165) is 48.7 Å². The van der Waals surface area contributed by atoms with Crippen molar-refractivity contribution in [1.82, 2.24) is 4.90 Å². The number of hydrogen-bond acceptors (Lipinski definition) is 4. The maximum Gasteiger partial charge on any atom is 0.256 e. The molecule has 2 amide bonds. The van der Waals surface area contributed by atoms with E-state index >= 15 is 0 Å². The standard InChI is InChI=1S/C29H33N3O3/c1-20(2)22-8-10-23(11-9-22)28-26(6-5-7-27(28)35-4)29(34)30-24-12-14-25(15-13-24)32-18-16-31(17-19-32)21(3)33/h5-15,20H,16-19H2,1-4H3,(H,30,34). The molecule has 0 saturated carbocycles. The summed E-state index contributed by atoms with van der Waals surface area (Å²) in [6, 6.07) is 21.7. The second kappa shape index (κ2) is 10.6. The maximum absolute atomic E-state index is 13.3. The lowest BCUT2D eigenvalue weighted by molar-refractivity contribution is -0.129. The van der Waals surface area contributed by atoms with Crippen LogP contribution in [0, 0.1) is 0 Å². The molecular weight excluding hydrogens is 438 g/mol. The molecule has 0 spiro atoms. The fourth-order valence-electron chi connectivity index (χ4n) is 4.46. The predicted octanol–water partition coefficient (Wildman–Crippen LogP) is 5.41. The number of anilines is 2. The van der Waals surface area contributed by atoms with Gasteiger partial charge in [0.2, 0.25) is 5.91 Å². The lowest BCUT2D eigenvalue weighted by Gasteiger charge is -2.35. The van der Waals surface area contributed by atoms with Gasteiger partial charge in [0.1, 0.15) is 5.75 Å². The highest BCUT2D eigenvalue weighted by atomic mass is 16.5. The van der Waals surface area contributed by atoms with Crippen LogP contribution < -0.4 is 15.0 Å². The van der Waals surface area contributed by atoms with E-state index in [-0.39, 0.29) is 11.8 Å². The summed E-state index contributed by atoms with van der Waals surface area (Å²) >= 11 is 0. The highest BCUT2D eigenvalue weighted by Crippen LogP contribution is 2.35. The lowest BCUT2D eigenvalue weighted by atomic mass is 9.95. The number of carbonyl (C=O) groups excluding carboxylic acids is 2. The zero-order chi connectivity index (χ0) is 24.9. The topological polar surface area (TPSA) is 61.9 Å². The largest absolute Gasteiger partial charge is 0.496 e. The first-order valence-corrected chi connectivity index (χ1v) is 12.1. The summed E-state index contributed by atoms with van der Waals surface area (Å²) in [5.74, 6) is 1.03. The molecule has 6 nitrogen and oxygen atoms in total. The molecule has 4 rings (SSSR count). The van der Waals surface area contributed by atoms with Gasteiger partial charge in [-0.25, -0.2) is 0 Å². The summed E-state index contributed by atoms with van der Waals surface area (Å²) in [6.45, 7) is 8.99. The van der Waals surface area contributed by atoms with Crippen molar-refractivity contribution < 1.29 is 14.3 Å².